The quantitative estimate of drug-likeness (QED) is 0.155. The van der Waals surface area contributed by atoms with Gasteiger partial charge in [0.1, 0.15) is 6.61 Å². The molecule has 0 bridgehead atoms. The molecule has 0 aliphatic carbocycles. The van der Waals surface area contributed by atoms with Crippen molar-refractivity contribution in [3.05, 3.63) is 35.4 Å². The van der Waals surface area contributed by atoms with Crippen LogP contribution in [-0.2, 0) is 18.9 Å². The van der Waals surface area contributed by atoms with Crippen LogP contribution in [0.3, 0.4) is 0 Å². The number of nitrogens with zero attached hydrogens (tertiary/aromatic N) is 1. The summed E-state index contributed by atoms with van der Waals surface area (Å²) in [6.45, 7) is 6.19. The second kappa shape index (κ2) is 19.0. The average molecular weight is 679 g/mol. The van der Waals surface area contributed by atoms with Gasteiger partial charge in [0, 0.05) is 32.2 Å². The normalized spacial score (nSPS) is 14.2. The monoisotopic (exact) mass is 678 g/mol. The standard InChI is InChI=1S/C32H42N2O14/c1-7-43-31(37)47-27-23(39-3)15-20(16-24(27)40-4)29(35)45-13-9-22-19-33-10-11-34(22)12-14-46-30(36)21-17-25(41-5)28(26(18-21)42-6)48-32(38)44-8-2/h15-18,22,33H,7-14,19H2,1-6H3. The zero-order chi connectivity index (χ0) is 35.1. The summed E-state index contributed by atoms with van der Waals surface area (Å²) >= 11 is 0. The minimum Gasteiger partial charge on any atom is -0.493 e. The molecule has 16 heteroatoms. The van der Waals surface area contributed by atoms with Crippen molar-refractivity contribution in [2.24, 2.45) is 0 Å². The Morgan fingerprint density at radius 1 is 0.688 bits per heavy atom. The van der Waals surface area contributed by atoms with Crippen LogP contribution < -0.4 is 33.7 Å². The molecular formula is C32H42N2O14. The average Bonchev–Trinajstić information content (AvgIpc) is 3.08. The van der Waals surface area contributed by atoms with Gasteiger partial charge in [0.25, 0.3) is 0 Å². The predicted octanol–water partition coefficient (Wildman–Crippen LogP) is 3.47. The number of methoxy groups -OCH3 is 4. The van der Waals surface area contributed by atoms with E-state index in [2.05, 4.69) is 10.2 Å². The van der Waals surface area contributed by atoms with Gasteiger partial charge in [0.15, 0.2) is 23.0 Å². The molecule has 2 aromatic rings. The third kappa shape index (κ3) is 10.3. The van der Waals surface area contributed by atoms with Crippen molar-refractivity contribution < 1.29 is 66.5 Å². The van der Waals surface area contributed by atoms with Crippen molar-refractivity contribution in [1.29, 1.82) is 0 Å². The number of hydrogen-bond donors (Lipinski definition) is 1. The van der Waals surface area contributed by atoms with Crippen molar-refractivity contribution in [2.45, 2.75) is 26.3 Å². The van der Waals surface area contributed by atoms with Gasteiger partial charge < -0.3 is 52.7 Å². The largest absolute Gasteiger partial charge is 0.514 e. The Labute approximate surface area is 278 Å². The maximum Gasteiger partial charge on any atom is 0.514 e. The number of nitrogens with one attached hydrogen (secondary N) is 1. The molecule has 0 amide bonds. The van der Waals surface area contributed by atoms with Crippen LogP contribution in [0.15, 0.2) is 24.3 Å². The highest BCUT2D eigenvalue weighted by Crippen LogP contribution is 2.40. The Hall–Kier alpha value is -4.96. The zero-order valence-corrected chi connectivity index (χ0v) is 27.9. The van der Waals surface area contributed by atoms with Crippen LogP contribution in [0.2, 0.25) is 0 Å². The van der Waals surface area contributed by atoms with E-state index in [1.54, 1.807) is 13.8 Å². The first-order valence-corrected chi connectivity index (χ1v) is 15.2. The summed E-state index contributed by atoms with van der Waals surface area (Å²) in [5.74, 6) is -0.959. The lowest BCUT2D eigenvalue weighted by Crippen LogP contribution is -2.52. The molecule has 2 aromatic carbocycles. The summed E-state index contributed by atoms with van der Waals surface area (Å²) in [6, 6.07) is 5.53. The van der Waals surface area contributed by atoms with Crippen LogP contribution in [-0.4, -0.2) is 116 Å². The Morgan fingerprint density at radius 2 is 1.12 bits per heavy atom. The minimum absolute atomic E-state index is 0.00539. The molecule has 1 atom stereocenters. The summed E-state index contributed by atoms with van der Waals surface area (Å²) in [5.41, 5.74) is 0.275. The predicted molar refractivity (Wildman–Crippen MR) is 168 cm³/mol. The number of ether oxygens (including phenoxy) is 10. The highest BCUT2D eigenvalue weighted by atomic mass is 16.7. The molecule has 3 rings (SSSR count). The molecule has 1 unspecified atom stereocenters. The molecular weight excluding hydrogens is 636 g/mol. The van der Waals surface area contributed by atoms with Crippen LogP contribution >= 0.6 is 0 Å². The van der Waals surface area contributed by atoms with Crippen LogP contribution in [0.1, 0.15) is 41.0 Å². The van der Waals surface area contributed by atoms with E-state index in [0.717, 1.165) is 6.54 Å². The van der Waals surface area contributed by atoms with Crippen LogP contribution in [0.25, 0.3) is 0 Å². The lowest BCUT2D eigenvalue weighted by Gasteiger charge is -2.35. The van der Waals surface area contributed by atoms with Gasteiger partial charge in [-0.05, 0) is 44.5 Å². The lowest BCUT2D eigenvalue weighted by atomic mass is 10.1. The Kier molecular flexibility index (Phi) is 14.8. The molecule has 0 aromatic heterocycles. The zero-order valence-electron chi connectivity index (χ0n) is 27.9. The van der Waals surface area contributed by atoms with Crippen LogP contribution in [0.4, 0.5) is 9.59 Å². The fourth-order valence-corrected chi connectivity index (χ4v) is 4.75. The molecule has 48 heavy (non-hydrogen) atoms. The minimum atomic E-state index is -0.943. The van der Waals surface area contributed by atoms with E-state index in [-0.39, 0.29) is 78.1 Å². The third-order valence-corrected chi connectivity index (χ3v) is 7.06. The number of rotatable bonds is 16. The summed E-state index contributed by atoms with van der Waals surface area (Å²) < 4.78 is 52.3. The Morgan fingerprint density at radius 3 is 1.54 bits per heavy atom. The van der Waals surface area contributed by atoms with Gasteiger partial charge in [-0.1, -0.05) is 0 Å². The van der Waals surface area contributed by atoms with E-state index in [9.17, 15) is 19.2 Å². The Bertz CT molecular complexity index is 1260. The lowest BCUT2D eigenvalue weighted by molar-refractivity contribution is 0.0339. The molecule has 1 aliphatic heterocycles. The molecule has 1 aliphatic rings. The van der Waals surface area contributed by atoms with Gasteiger partial charge in [-0.25, -0.2) is 19.2 Å². The molecule has 0 spiro atoms. The number of carbonyl (C=O) groups is 4. The van der Waals surface area contributed by atoms with Crippen LogP contribution in [0.5, 0.6) is 34.5 Å². The smallest absolute Gasteiger partial charge is 0.493 e. The molecule has 16 nitrogen and oxygen atoms in total. The molecule has 1 heterocycles. The Balaban J connectivity index is 1.57. The maximum atomic E-state index is 12.9. The third-order valence-electron chi connectivity index (χ3n) is 7.06. The number of benzene rings is 2. The van der Waals surface area contributed by atoms with Gasteiger partial charge in [0.2, 0.25) is 11.5 Å². The number of hydrogen-bond acceptors (Lipinski definition) is 16. The van der Waals surface area contributed by atoms with Gasteiger partial charge >= 0.3 is 24.2 Å². The first-order chi connectivity index (χ1) is 23.2. The second-order valence-electron chi connectivity index (χ2n) is 9.94. The summed E-state index contributed by atoms with van der Waals surface area (Å²) in [6.07, 6.45) is -1.38. The van der Waals surface area contributed by atoms with E-state index in [4.69, 9.17) is 47.4 Å². The van der Waals surface area contributed by atoms with E-state index in [1.165, 1.54) is 52.7 Å². The van der Waals surface area contributed by atoms with Crippen molar-refractivity contribution in [2.75, 3.05) is 81.0 Å². The van der Waals surface area contributed by atoms with Crippen molar-refractivity contribution in [1.82, 2.24) is 10.2 Å². The number of piperazine rings is 1. The fraction of sp³-hybridized carbons (Fsp3) is 0.500. The van der Waals surface area contributed by atoms with Gasteiger partial charge in [-0.3, -0.25) is 4.90 Å². The van der Waals surface area contributed by atoms with Crippen molar-refractivity contribution in [3.63, 3.8) is 0 Å². The van der Waals surface area contributed by atoms with Crippen molar-refractivity contribution in [3.8, 4) is 34.5 Å². The summed E-state index contributed by atoms with van der Waals surface area (Å²) in [4.78, 5) is 51.7. The van der Waals surface area contributed by atoms with Gasteiger partial charge in [0.05, 0.1) is 59.4 Å². The summed E-state index contributed by atoms with van der Waals surface area (Å²) in [5, 5.41) is 3.33. The highest BCUT2D eigenvalue weighted by molar-refractivity contribution is 5.92. The highest BCUT2D eigenvalue weighted by Gasteiger charge is 2.26. The SMILES string of the molecule is CCOC(=O)Oc1c(OC)cc(C(=O)OCCC2CNCCN2CCOC(=O)c2cc(OC)c(OC(=O)OCC)c(OC)c2)cc1OC. The molecule has 1 N–H and O–H groups in total. The first-order valence-electron chi connectivity index (χ1n) is 15.2. The number of esters is 2. The molecule has 0 saturated carbocycles. The van der Waals surface area contributed by atoms with Gasteiger partial charge in [-0.15, -0.1) is 0 Å². The van der Waals surface area contributed by atoms with E-state index < -0.39 is 24.2 Å². The maximum absolute atomic E-state index is 12.9. The van der Waals surface area contributed by atoms with E-state index >= 15 is 0 Å². The molecule has 1 saturated heterocycles. The van der Waals surface area contributed by atoms with Gasteiger partial charge in [-0.2, -0.15) is 0 Å². The second-order valence-corrected chi connectivity index (χ2v) is 9.94. The molecule has 264 valence electrons. The first kappa shape index (κ1) is 37.5. The molecule has 0 radical (unpaired) electrons. The van der Waals surface area contributed by atoms with Crippen LogP contribution in [0, 0.1) is 0 Å². The topological polar surface area (TPSA) is 176 Å². The van der Waals surface area contributed by atoms with Crippen molar-refractivity contribution >= 4 is 24.2 Å². The van der Waals surface area contributed by atoms with E-state index in [0.29, 0.717) is 26.1 Å². The molecule has 1 fully saturated rings. The summed E-state index contributed by atoms with van der Waals surface area (Å²) in [7, 11) is 5.43. The number of carbonyl (C=O) groups excluding carboxylic acids is 4. The fourth-order valence-electron chi connectivity index (χ4n) is 4.75. The van der Waals surface area contributed by atoms with E-state index in [1.807, 2.05) is 0 Å².